The van der Waals surface area contributed by atoms with Gasteiger partial charge in [0, 0.05) is 18.4 Å². The van der Waals surface area contributed by atoms with E-state index in [1.54, 1.807) is 24.9 Å². The lowest BCUT2D eigenvalue weighted by Gasteiger charge is -2.14. The number of hydrogen-bond acceptors (Lipinski definition) is 5. The third-order valence-electron chi connectivity index (χ3n) is 2.79. The van der Waals surface area contributed by atoms with Crippen LogP contribution in [0.1, 0.15) is 17.9 Å². The van der Waals surface area contributed by atoms with Gasteiger partial charge >= 0.3 is 6.03 Å². The van der Waals surface area contributed by atoms with Gasteiger partial charge in [-0.3, -0.25) is 0 Å². The smallest absolute Gasteiger partial charge is 0.329 e. The topological polar surface area (TPSA) is 69.8 Å². The van der Waals surface area contributed by atoms with Gasteiger partial charge in [-0.05, 0) is 13.2 Å². The molecule has 1 aromatic rings. The zero-order valence-corrected chi connectivity index (χ0v) is 10.8. The first-order valence-corrected chi connectivity index (χ1v) is 6.55. The SMILES string of the molecule is CSC(C)c1cc(N2C(=O)N(C)CC2O)on1. The average molecular weight is 257 g/mol. The maximum atomic E-state index is 11.8. The van der Waals surface area contributed by atoms with Crippen LogP contribution in [0, 0.1) is 0 Å². The Balaban J connectivity index is 2.23. The van der Waals surface area contributed by atoms with Crippen molar-refractivity contribution >= 4 is 23.7 Å². The Hall–Kier alpha value is -1.21. The van der Waals surface area contributed by atoms with Gasteiger partial charge in [-0.25, -0.2) is 9.69 Å². The molecule has 0 saturated carbocycles. The molecule has 1 saturated heterocycles. The predicted octanol–water partition coefficient (Wildman–Crippen LogP) is 1.29. The second-order valence-electron chi connectivity index (χ2n) is 3.98. The third kappa shape index (κ3) is 2.12. The summed E-state index contributed by atoms with van der Waals surface area (Å²) >= 11 is 1.64. The summed E-state index contributed by atoms with van der Waals surface area (Å²) in [6, 6.07) is 1.42. The van der Waals surface area contributed by atoms with Gasteiger partial charge in [0.05, 0.1) is 12.2 Å². The van der Waals surface area contributed by atoms with Crippen molar-refractivity contribution in [2.75, 3.05) is 24.7 Å². The second-order valence-corrected chi connectivity index (χ2v) is 5.16. The van der Waals surface area contributed by atoms with Gasteiger partial charge in [0.1, 0.15) is 0 Å². The summed E-state index contributed by atoms with van der Waals surface area (Å²) in [5.74, 6) is 0.294. The molecule has 0 aliphatic carbocycles. The van der Waals surface area contributed by atoms with Crippen LogP contribution in [0.5, 0.6) is 0 Å². The summed E-state index contributed by atoms with van der Waals surface area (Å²) in [6.07, 6.45) is 1.10. The molecule has 94 valence electrons. The summed E-state index contributed by atoms with van der Waals surface area (Å²) in [4.78, 5) is 14.4. The van der Waals surface area contributed by atoms with Crippen molar-refractivity contribution in [3.05, 3.63) is 11.8 Å². The number of nitrogens with zero attached hydrogens (tertiary/aromatic N) is 3. The maximum absolute atomic E-state index is 11.8. The van der Waals surface area contributed by atoms with Gasteiger partial charge in [0.2, 0.25) is 5.88 Å². The fourth-order valence-corrected chi connectivity index (χ4v) is 2.01. The van der Waals surface area contributed by atoms with Crippen LogP contribution in [-0.4, -0.2) is 47.3 Å². The number of rotatable bonds is 3. The monoisotopic (exact) mass is 257 g/mol. The summed E-state index contributed by atoms with van der Waals surface area (Å²) in [5, 5.41) is 13.9. The molecule has 2 rings (SSSR count). The fraction of sp³-hybridized carbons (Fsp3) is 0.600. The van der Waals surface area contributed by atoms with Crippen LogP contribution in [-0.2, 0) is 0 Å². The van der Waals surface area contributed by atoms with Gasteiger partial charge < -0.3 is 14.5 Å². The van der Waals surface area contributed by atoms with Crippen LogP contribution in [0.25, 0.3) is 0 Å². The number of β-amino-alcohol motifs (C(OH)–C–C–N with tert-alkyl or cyclic N) is 1. The fourth-order valence-electron chi connectivity index (χ4n) is 1.66. The lowest BCUT2D eigenvalue weighted by atomic mass is 10.3. The highest BCUT2D eigenvalue weighted by molar-refractivity contribution is 7.98. The van der Waals surface area contributed by atoms with Gasteiger partial charge in [0.25, 0.3) is 0 Å². The molecule has 6 nitrogen and oxygen atoms in total. The number of urea groups is 1. The van der Waals surface area contributed by atoms with E-state index in [1.807, 2.05) is 13.2 Å². The highest BCUT2D eigenvalue weighted by Crippen LogP contribution is 2.30. The number of aliphatic hydroxyl groups excluding tert-OH is 1. The summed E-state index contributed by atoms with van der Waals surface area (Å²) in [6.45, 7) is 2.27. The molecule has 0 spiro atoms. The number of thioether (sulfide) groups is 1. The van der Waals surface area contributed by atoms with E-state index in [0.29, 0.717) is 5.88 Å². The van der Waals surface area contributed by atoms with E-state index < -0.39 is 6.23 Å². The van der Waals surface area contributed by atoms with E-state index in [9.17, 15) is 9.90 Å². The highest BCUT2D eigenvalue weighted by atomic mass is 32.2. The first-order chi connectivity index (χ1) is 8.04. The van der Waals surface area contributed by atoms with Gasteiger partial charge in [-0.15, -0.1) is 0 Å². The molecule has 2 atom stereocenters. The molecule has 0 aromatic carbocycles. The molecule has 1 aliphatic heterocycles. The van der Waals surface area contributed by atoms with Crippen molar-refractivity contribution in [3.63, 3.8) is 0 Å². The van der Waals surface area contributed by atoms with Gasteiger partial charge in [-0.1, -0.05) is 5.16 Å². The van der Waals surface area contributed by atoms with Crippen LogP contribution >= 0.6 is 11.8 Å². The van der Waals surface area contributed by atoms with Crippen LogP contribution in [0.15, 0.2) is 10.6 Å². The molecule has 2 heterocycles. The Kier molecular flexibility index (Phi) is 3.30. The number of amides is 2. The molecule has 1 aliphatic rings. The summed E-state index contributed by atoms with van der Waals surface area (Å²) in [7, 11) is 1.63. The van der Waals surface area contributed by atoms with Crippen molar-refractivity contribution in [2.45, 2.75) is 18.4 Å². The lowest BCUT2D eigenvalue weighted by molar-refractivity contribution is 0.179. The maximum Gasteiger partial charge on any atom is 0.329 e. The minimum atomic E-state index is -0.877. The molecule has 7 heteroatoms. The number of anilines is 1. The number of carbonyl (C=O) groups is 1. The van der Waals surface area contributed by atoms with E-state index in [-0.39, 0.29) is 17.8 Å². The first kappa shape index (κ1) is 12.3. The number of carbonyl (C=O) groups excluding carboxylic acids is 1. The van der Waals surface area contributed by atoms with Gasteiger partial charge in [-0.2, -0.15) is 11.8 Å². The highest BCUT2D eigenvalue weighted by Gasteiger charge is 2.37. The Morgan fingerprint density at radius 1 is 1.71 bits per heavy atom. The van der Waals surface area contributed by atoms with E-state index in [4.69, 9.17) is 4.52 Å². The second kappa shape index (κ2) is 4.58. The number of likely N-dealkylation sites (N-methyl/N-ethyl adjacent to an activating group) is 1. The molecule has 1 fully saturated rings. The standard InChI is InChI=1S/C10H15N3O3S/c1-6(17-3)7-4-9(16-11-7)13-8(14)5-12(2)10(13)15/h4,6,8,14H,5H2,1-3H3. The Labute approximate surface area is 104 Å². The van der Waals surface area contributed by atoms with Crippen molar-refractivity contribution in [1.29, 1.82) is 0 Å². The van der Waals surface area contributed by atoms with Crippen molar-refractivity contribution in [1.82, 2.24) is 10.1 Å². The lowest BCUT2D eigenvalue weighted by Crippen LogP contribution is -2.33. The largest absolute Gasteiger partial charge is 0.371 e. The van der Waals surface area contributed by atoms with E-state index in [0.717, 1.165) is 5.69 Å². The molecular formula is C10H15N3O3S. The van der Waals surface area contributed by atoms with E-state index in [2.05, 4.69) is 5.16 Å². The Morgan fingerprint density at radius 2 is 2.41 bits per heavy atom. The quantitative estimate of drug-likeness (QED) is 0.883. The minimum absolute atomic E-state index is 0.195. The first-order valence-electron chi connectivity index (χ1n) is 5.26. The average Bonchev–Trinajstić information content (AvgIpc) is 2.85. The van der Waals surface area contributed by atoms with Crippen LogP contribution in [0.3, 0.4) is 0 Å². The molecule has 2 amide bonds. The molecule has 2 unspecified atom stereocenters. The van der Waals surface area contributed by atoms with E-state index >= 15 is 0 Å². The van der Waals surface area contributed by atoms with Crippen LogP contribution in [0.2, 0.25) is 0 Å². The predicted molar refractivity (Wildman–Crippen MR) is 64.9 cm³/mol. The number of aromatic nitrogens is 1. The van der Waals surface area contributed by atoms with Crippen molar-refractivity contribution < 1.29 is 14.4 Å². The van der Waals surface area contributed by atoms with Crippen molar-refractivity contribution in [3.8, 4) is 0 Å². The van der Waals surface area contributed by atoms with Crippen LogP contribution < -0.4 is 4.90 Å². The summed E-state index contributed by atoms with van der Waals surface area (Å²) in [5.41, 5.74) is 0.766. The zero-order chi connectivity index (χ0) is 12.6. The normalized spacial score (nSPS) is 22.4. The molecular weight excluding hydrogens is 242 g/mol. The van der Waals surface area contributed by atoms with Gasteiger partial charge in [0.15, 0.2) is 6.23 Å². The van der Waals surface area contributed by atoms with Crippen LogP contribution in [0.4, 0.5) is 10.7 Å². The molecule has 0 bridgehead atoms. The molecule has 17 heavy (non-hydrogen) atoms. The molecule has 1 N–H and O–H groups in total. The minimum Gasteiger partial charge on any atom is -0.371 e. The number of aliphatic hydroxyl groups is 1. The van der Waals surface area contributed by atoms with E-state index in [1.165, 1.54) is 9.80 Å². The number of hydrogen-bond donors (Lipinski definition) is 1. The summed E-state index contributed by atoms with van der Waals surface area (Å²) < 4.78 is 5.12. The zero-order valence-electron chi connectivity index (χ0n) is 9.95. The Bertz CT molecular complexity index is 423. The molecule has 1 aromatic heterocycles. The Morgan fingerprint density at radius 3 is 2.94 bits per heavy atom. The third-order valence-corrected chi connectivity index (χ3v) is 3.74. The van der Waals surface area contributed by atoms with Crippen molar-refractivity contribution in [2.24, 2.45) is 0 Å². The molecule has 0 radical (unpaired) electrons.